The fourth-order valence-electron chi connectivity index (χ4n) is 3.68. The van der Waals surface area contributed by atoms with Crippen molar-refractivity contribution >= 4 is 39.1 Å². The first-order valence-electron chi connectivity index (χ1n) is 11.9. The van der Waals surface area contributed by atoms with Gasteiger partial charge >= 0.3 is 0 Å². The fraction of sp³-hybridized carbons (Fsp3) is 0.296. The fourth-order valence-corrected chi connectivity index (χ4v) is 6.16. The van der Waals surface area contributed by atoms with E-state index >= 15 is 0 Å². The Kier molecular flexibility index (Phi) is 10.1. The lowest BCUT2D eigenvalue weighted by Gasteiger charge is -2.24. The molecule has 0 heterocycles. The molecule has 0 radical (unpaired) electrons. The van der Waals surface area contributed by atoms with Crippen molar-refractivity contribution < 1.29 is 22.9 Å². The van der Waals surface area contributed by atoms with Crippen molar-refractivity contribution in [3.63, 3.8) is 0 Å². The van der Waals surface area contributed by atoms with Gasteiger partial charge in [-0.05, 0) is 67.5 Å². The standard InChI is InChI=1S/C27H31N3O6S2/c1-20-7-4-5-8-22(20)19-37-16-6-15-28-27(31)18-29(23-10-12-24(36-3)13-11-23)38(34,35)25-14-9-21(2)26(17-25)30(32)33/h4-5,7-14,17H,6,15-16,18-19H2,1-3H3,(H,28,31). The van der Waals surface area contributed by atoms with Crippen LogP contribution in [-0.2, 0) is 20.6 Å². The van der Waals surface area contributed by atoms with Crippen molar-refractivity contribution in [2.45, 2.75) is 30.9 Å². The van der Waals surface area contributed by atoms with Crippen LogP contribution < -0.4 is 14.4 Å². The van der Waals surface area contributed by atoms with Crippen LogP contribution in [-0.4, -0.2) is 45.2 Å². The molecule has 0 atom stereocenters. The van der Waals surface area contributed by atoms with E-state index < -0.39 is 27.4 Å². The van der Waals surface area contributed by atoms with Crippen LogP contribution in [0.2, 0.25) is 0 Å². The Bertz CT molecular complexity index is 1380. The van der Waals surface area contributed by atoms with Gasteiger partial charge in [-0.1, -0.05) is 30.3 Å². The third-order valence-corrected chi connectivity index (χ3v) is 8.78. The molecule has 0 saturated carbocycles. The minimum Gasteiger partial charge on any atom is -0.497 e. The Balaban J connectivity index is 1.69. The van der Waals surface area contributed by atoms with Crippen LogP contribution in [0, 0.1) is 24.0 Å². The van der Waals surface area contributed by atoms with E-state index in [1.54, 1.807) is 23.9 Å². The van der Waals surface area contributed by atoms with Crippen molar-refractivity contribution in [2.24, 2.45) is 0 Å². The van der Waals surface area contributed by atoms with Gasteiger partial charge < -0.3 is 10.1 Å². The number of ether oxygens (including phenoxy) is 1. The van der Waals surface area contributed by atoms with Crippen LogP contribution in [0.5, 0.6) is 5.75 Å². The van der Waals surface area contributed by atoms with Crippen molar-refractivity contribution in [3.05, 3.63) is 93.5 Å². The summed E-state index contributed by atoms with van der Waals surface area (Å²) in [6.45, 7) is 3.52. The Hall–Kier alpha value is -3.57. The normalized spacial score (nSPS) is 11.1. The highest BCUT2D eigenvalue weighted by Crippen LogP contribution is 2.29. The van der Waals surface area contributed by atoms with Crippen LogP contribution >= 0.6 is 11.8 Å². The van der Waals surface area contributed by atoms with Crippen LogP contribution in [0.4, 0.5) is 11.4 Å². The van der Waals surface area contributed by atoms with Crippen molar-refractivity contribution in [3.8, 4) is 5.75 Å². The lowest BCUT2D eigenvalue weighted by Crippen LogP contribution is -2.41. The number of aryl methyl sites for hydroxylation is 2. The largest absolute Gasteiger partial charge is 0.497 e. The third kappa shape index (κ3) is 7.48. The number of thioether (sulfide) groups is 1. The van der Waals surface area contributed by atoms with Gasteiger partial charge in [0.25, 0.3) is 15.7 Å². The van der Waals surface area contributed by atoms with Crippen LogP contribution in [0.25, 0.3) is 0 Å². The van der Waals surface area contributed by atoms with E-state index in [1.165, 1.54) is 49.4 Å². The molecule has 1 amide bonds. The van der Waals surface area contributed by atoms with E-state index in [9.17, 15) is 23.3 Å². The number of hydrogen-bond donors (Lipinski definition) is 1. The molecule has 0 aliphatic heterocycles. The SMILES string of the molecule is COc1ccc(N(CC(=O)NCCCSCc2ccccc2C)S(=O)(=O)c2ccc(C)c([N+](=O)[O-])c2)cc1. The van der Waals surface area contributed by atoms with Crippen LogP contribution in [0.15, 0.2) is 71.6 Å². The van der Waals surface area contributed by atoms with Gasteiger partial charge in [0.1, 0.15) is 12.3 Å². The first-order valence-corrected chi connectivity index (χ1v) is 14.5. The number of carbonyl (C=O) groups is 1. The van der Waals surface area contributed by atoms with Gasteiger partial charge in [-0.15, -0.1) is 0 Å². The molecule has 38 heavy (non-hydrogen) atoms. The van der Waals surface area contributed by atoms with Crippen molar-refractivity contribution in [1.82, 2.24) is 5.32 Å². The van der Waals surface area contributed by atoms with E-state index in [2.05, 4.69) is 24.4 Å². The molecule has 11 heteroatoms. The average Bonchev–Trinajstić information content (AvgIpc) is 2.90. The molecule has 3 aromatic carbocycles. The number of anilines is 1. The van der Waals surface area contributed by atoms with Crippen LogP contribution in [0.1, 0.15) is 23.1 Å². The first-order chi connectivity index (χ1) is 18.1. The van der Waals surface area contributed by atoms with Gasteiger partial charge in [0.15, 0.2) is 0 Å². The number of nitro groups is 1. The summed E-state index contributed by atoms with van der Waals surface area (Å²) in [6, 6.07) is 18.1. The number of hydrogen-bond acceptors (Lipinski definition) is 7. The zero-order chi connectivity index (χ0) is 27.7. The predicted molar refractivity (Wildman–Crippen MR) is 150 cm³/mol. The maximum absolute atomic E-state index is 13.6. The number of sulfonamides is 1. The zero-order valence-corrected chi connectivity index (χ0v) is 23.2. The topological polar surface area (TPSA) is 119 Å². The summed E-state index contributed by atoms with van der Waals surface area (Å²) in [7, 11) is -2.80. The zero-order valence-electron chi connectivity index (χ0n) is 21.5. The maximum Gasteiger partial charge on any atom is 0.273 e. The minimum absolute atomic E-state index is 0.234. The molecule has 0 saturated heterocycles. The highest BCUT2D eigenvalue weighted by Gasteiger charge is 2.29. The maximum atomic E-state index is 13.6. The van der Waals surface area contributed by atoms with Crippen LogP contribution in [0.3, 0.4) is 0 Å². The van der Waals surface area contributed by atoms with E-state index in [0.29, 0.717) is 17.9 Å². The molecule has 0 fully saturated rings. The van der Waals surface area contributed by atoms with E-state index in [-0.39, 0.29) is 16.3 Å². The molecule has 0 spiro atoms. The summed E-state index contributed by atoms with van der Waals surface area (Å²) in [5.74, 6) is 1.76. The number of nitrogens with zero attached hydrogens (tertiary/aromatic N) is 2. The lowest BCUT2D eigenvalue weighted by atomic mass is 10.1. The number of nitrogens with one attached hydrogen (secondary N) is 1. The molecule has 0 aliphatic rings. The van der Waals surface area contributed by atoms with Crippen molar-refractivity contribution in [1.29, 1.82) is 0 Å². The molecule has 202 valence electrons. The summed E-state index contributed by atoms with van der Waals surface area (Å²) < 4.78 is 33.2. The Morgan fingerprint density at radius 2 is 1.76 bits per heavy atom. The molecule has 3 aromatic rings. The van der Waals surface area contributed by atoms with Crippen molar-refractivity contribution in [2.75, 3.05) is 30.3 Å². The molecular weight excluding hydrogens is 526 g/mol. The molecule has 9 nitrogen and oxygen atoms in total. The molecule has 0 bridgehead atoms. The first kappa shape index (κ1) is 29.0. The summed E-state index contributed by atoms with van der Waals surface area (Å²) in [6.07, 6.45) is 0.724. The average molecular weight is 558 g/mol. The van der Waals surface area contributed by atoms with Gasteiger partial charge in [-0.25, -0.2) is 8.42 Å². The minimum atomic E-state index is -4.29. The smallest absolute Gasteiger partial charge is 0.273 e. The van der Waals surface area contributed by atoms with E-state index in [1.807, 2.05) is 12.1 Å². The number of amides is 1. The Labute approximate surface area is 227 Å². The summed E-state index contributed by atoms with van der Waals surface area (Å²) in [5.41, 5.74) is 2.78. The summed E-state index contributed by atoms with van der Waals surface area (Å²) >= 11 is 1.77. The second-order valence-electron chi connectivity index (χ2n) is 8.60. The lowest BCUT2D eigenvalue weighted by molar-refractivity contribution is -0.385. The quantitative estimate of drug-likeness (QED) is 0.181. The second kappa shape index (κ2) is 13.3. The van der Waals surface area contributed by atoms with Gasteiger partial charge in [0.2, 0.25) is 5.91 Å². The molecule has 1 N–H and O–H groups in total. The highest BCUT2D eigenvalue weighted by atomic mass is 32.2. The number of methoxy groups -OCH3 is 1. The molecule has 0 unspecified atom stereocenters. The van der Waals surface area contributed by atoms with Gasteiger partial charge in [0.05, 0.1) is 22.6 Å². The molecule has 0 aromatic heterocycles. The Morgan fingerprint density at radius 3 is 2.42 bits per heavy atom. The molecule has 3 rings (SSSR count). The van der Waals surface area contributed by atoms with Gasteiger partial charge in [0, 0.05) is 23.9 Å². The second-order valence-corrected chi connectivity index (χ2v) is 11.6. The third-order valence-electron chi connectivity index (χ3n) is 5.92. The molecular formula is C27H31N3O6S2. The Morgan fingerprint density at radius 1 is 1.05 bits per heavy atom. The number of nitro benzene ring substituents is 1. The monoisotopic (exact) mass is 557 g/mol. The number of benzene rings is 3. The van der Waals surface area contributed by atoms with E-state index in [4.69, 9.17) is 4.74 Å². The van der Waals surface area contributed by atoms with Gasteiger partial charge in [-0.3, -0.25) is 19.2 Å². The predicted octanol–water partition coefficient (Wildman–Crippen LogP) is 4.86. The summed E-state index contributed by atoms with van der Waals surface area (Å²) in [5, 5.41) is 14.2. The van der Waals surface area contributed by atoms with E-state index in [0.717, 1.165) is 28.3 Å². The summed E-state index contributed by atoms with van der Waals surface area (Å²) in [4.78, 5) is 23.3. The number of rotatable bonds is 13. The highest BCUT2D eigenvalue weighted by molar-refractivity contribution is 7.98. The number of carbonyl (C=O) groups excluding carboxylic acids is 1. The molecule has 0 aliphatic carbocycles. The van der Waals surface area contributed by atoms with Gasteiger partial charge in [-0.2, -0.15) is 11.8 Å².